The van der Waals surface area contributed by atoms with Crippen molar-refractivity contribution in [2.45, 2.75) is 36.3 Å². The minimum Gasteiger partial charge on any atom is -0.387 e. The third-order valence-corrected chi connectivity index (χ3v) is 9.34. The van der Waals surface area contributed by atoms with Crippen molar-refractivity contribution < 1.29 is 60.6 Å². The lowest BCUT2D eigenvalue weighted by atomic mass is 9.96. The number of ether oxygens (including phenoxy) is 1. The minimum absolute atomic E-state index is 0.00358. The molecule has 0 aliphatic carbocycles. The third kappa shape index (κ3) is 6.82. The van der Waals surface area contributed by atoms with Crippen LogP contribution in [0.3, 0.4) is 0 Å². The predicted molar refractivity (Wildman–Crippen MR) is 124 cm³/mol. The first-order valence-electron chi connectivity index (χ1n) is 9.52. The van der Waals surface area contributed by atoms with Crippen LogP contribution in [0.2, 0.25) is 0 Å². The van der Waals surface area contributed by atoms with E-state index in [0.717, 1.165) is 6.92 Å². The number of nitrogens with two attached hydrogens (primary N) is 1. The SMILES string of the molecule is C[C@H](OP(=O)(O)OP(=O)(O)OP(=O)(O)O)[C@H]1O[C@@H](n2cnc3c(=S)nc(N)[nH]c32)C(Cl)(C#CCF)[C@H]1O. The summed E-state index contributed by atoms with van der Waals surface area (Å²) in [6.07, 6.45) is -5.52. The van der Waals surface area contributed by atoms with Crippen LogP contribution >= 0.6 is 47.3 Å². The number of aromatic nitrogens is 4. The maximum absolute atomic E-state index is 12.9. The van der Waals surface area contributed by atoms with Gasteiger partial charge in [0.05, 0.1) is 12.4 Å². The topological polar surface area (TPSA) is 262 Å². The van der Waals surface area contributed by atoms with Gasteiger partial charge in [0.1, 0.15) is 30.0 Å². The minimum atomic E-state index is -5.81. The van der Waals surface area contributed by atoms with Crippen molar-refractivity contribution in [3.8, 4) is 11.8 Å². The van der Waals surface area contributed by atoms with E-state index in [1.165, 1.54) is 10.9 Å². The van der Waals surface area contributed by atoms with Gasteiger partial charge in [-0.2, -0.15) is 8.62 Å². The zero-order valence-corrected chi connectivity index (χ0v) is 22.4. The van der Waals surface area contributed by atoms with Crippen molar-refractivity contribution >= 4 is 64.4 Å². The smallest absolute Gasteiger partial charge is 0.387 e. The molecule has 2 aromatic rings. The average Bonchev–Trinajstić information content (AvgIpc) is 3.23. The summed E-state index contributed by atoms with van der Waals surface area (Å²) in [5, 5.41) is 10.9. The number of phosphoric ester groups is 1. The largest absolute Gasteiger partial charge is 0.490 e. The van der Waals surface area contributed by atoms with E-state index >= 15 is 0 Å². The van der Waals surface area contributed by atoms with E-state index in [1.807, 2.05) is 0 Å². The lowest BCUT2D eigenvalue weighted by Crippen LogP contribution is -2.43. The van der Waals surface area contributed by atoms with Crippen LogP contribution in [-0.4, -0.2) is 74.1 Å². The molecule has 1 aliphatic heterocycles. The van der Waals surface area contributed by atoms with Crippen LogP contribution in [0.4, 0.5) is 10.3 Å². The number of phosphoric acid groups is 3. The van der Waals surface area contributed by atoms with Gasteiger partial charge in [0, 0.05) is 0 Å². The van der Waals surface area contributed by atoms with E-state index in [4.69, 9.17) is 48.6 Å². The number of alkyl halides is 2. The molecule has 3 heterocycles. The number of hydrogen-bond acceptors (Lipinski definition) is 12. The fourth-order valence-electron chi connectivity index (χ4n) is 3.35. The van der Waals surface area contributed by atoms with Crippen molar-refractivity contribution in [2.24, 2.45) is 0 Å². The van der Waals surface area contributed by atoms with Crippen LogP contribution in [0.15, 0.2) is 6.33 Å². The number of halogens is 2. The van der Waals surface area contributed by atoms with Crippen LogP contribution in [0, 0.1) is 16.5 Å². The van der Waals surface area contributed by atoms with Crippen molar-refractivity contribution in [1.29, 1.82) is 0 Å². The van der Waals surface area contributed by atoms with E-state index in [-0.39, 0.29) is 21.8 Å². The summed E-state index contributed by atoms with van der Waals surface area (Å²) in [4.78, 5) is 44.9. The van der Waals surface area contributed by atoms with E-state index in [2.05, 4.69) is 35.4 Å². The number of hydrogen-bond donors (Lipinski definition) is 7. The number of aromatic amines is 1. The Morgan fingerprint density at radius 1 is 1.35 bits per heavy atom. The van der Waals surface area contributed by atoms with Gasteiger partial charge in [0.2, 0.25) is 0 Å². The average molecular weight is 628 g/mol. The molecule has 7 atom stereocenters. The fraction of sp³-hybridized carbons (Fsp3) is 0.500. The van der Waals surface area contributed by atoms with Gasteiger partial charge in [-0.05, 0) is 6.92 Å². The molecule has 0 amide bonds. The highest BCUT2D eigenvalue weighted by Crippen LogP contribution is 2.66. The molecule has 17 nitrogen and oxygen atoms in total. The molecule has 206 valence electrons. The standard InChI is InChI=1S/C14H18ClFN5O12P3S/c1-6(31-35(26,27)33-36(28,29)32-34(23,24)25)8-9(22)14(15,3-2-4-16)12(30-8)21-5-18-7-10(21)19-13(17)20-11(7)37/h5-6,8-9,12,22H,4H2,1H3,(H,26,27)(H,28,29)(H2,23,24,25)(H3,17,19,20,37)/t6-,8+,9-,12+,14?/m0/s1. The van der Waals surface area contributed by atoms with Crippen molar-refractivity contribution in [3.63, 3.8) is 0 Å². The van der Waals surface area contributed by atoms with E-state index in [1.54, 1.807) is 0 Å². The molecule has 0 spiro atoms. The van der Waals surface area contributed by atoms with E-state index in [9.17, 15) is 33.0 Å². The summed E-state index contributed by atoms with van der Waals surface area (Å²) in [6.45, 7) is -0.116. The molecule has 23 heteroatoms. The highest BCUT2D eigenvalue weighted by Gasteiger charge is 2.58. The molecule has 0 aromatic carbocycles. The van der Waals surface area contributed by atoms with Crippen molar-refractivity contribution in [3.05, 3.63) is 11.0 Å². The molecule has 0 bridgehead atoms. The van der Waals surface area contributed by atoms with Crippen LogP contribution < -0.4 is 5.73 Å². The summed E-state index contributed by atoms with van der Waals surface area (Å²) < 4.78 is 66.4. The lowest BCUT2D eigenvalue weighted by Gasteiger charge is -2.26. The number of imidazole rings is 1. The third-order valence-electron chi connectivity index (χ3n) is 4.63. The summed E-state index contributed by atoms with van der Waals surface area (Å²) in [7, 11) is -17.0. The van der Waals surface area contributed by atoms with Crippen LogP contribution in [0.5, 0.6) is 0 Å². The first-order valence-corrected chi connectivity index (χ1v) is 14.8. The number of rotatable bonds is 8. The Labute approximate surface area is 216 Å². The summed E-state index contributed by atoms with van der Waals surface area (Å²) in [5.74, 6) is 4.27. The number of nitrogens with one attached hydrogen (secondary N) is 1. The second kappa shape index (κ2) is 10.7. The Morgan fingerprint density at radius 3 is 2.59 bits per heavy atom. The number of aliphatic hydroxyl groups is 1. The summed E-state index contributed by atoms with van der Waals surface area (Å²) in [5.41, 5.74) is 5.95. The van der Waals surface area contributed by atoms with Gasteiger partial charge in [0.25, 0.3) is 0 Å². The second-order valence-corrected chi connectivity index (χ2v) is 12.7. The van der Waals surface area contributed by atoms with Gasteiger partial charge in [-0.15, -0.1) is 0 Å². The Kier molecular flexibility index (Phi) is 8.73. The first-order chi connectivity index (χ1) is 16.9. The molecule has 0 saturated carbocycles. The maximum atomic E-state index is 12.9. The number of fused-ring (bicyclic) bond motifs is 1. The summed E-state index contributed by atoms with van der Waals surface area (Å²) >= 11 is 11.7. The molecule has 0 radical (unpaired) electrons. The molecule has 37 heavy (non-hydrogen) atoms. The van der Waals surface area contributed by atoms with Gasteiger partial charge in [-0.3, -0.25) is 9.09 Å². The maximum Gasteiger partial charge on any atom is 0.490 e. The van der Waals surface area contributed by atoms with Gasteiger partial charge < -0.3 is 40.1 Å². The Bertz CT molecular complexity index is 1460. The van der Waals surface area contributed by atoms with Gasteiger partial charge in [-0.25, -0.2) is 28.1 Å². The Morgan fingerprint density at radius 2 is 2.00 bits per heavy atom. The molecular formula is C14H18ClFN5O12P3S. The molecule has 3 unspecified atom stereocenters. The van der Waals surface area contributed by atoms with Crippen LogP contribution in [0.25, 0.3) is 11.2 Å². The number of nitrogens with zero attached hydrogens (tertiary/aromatic N) is 3. The molecule has 8 N–H and O–H groups in total. The Hall–Kier alpha value is -1.32. The molecule has 1 aliphatic rings. The number of anilines is 1. The first kappa shape index (κ1) is 30.2. The summed E-state index contributed by atoms with van der Waals surface area (Å²) in [6, 6.07) is 0. The number of nitrogen functional groups attached to an aromatic ring is 1. The predicted octanol–water partition coefficient (Wildman–Crippen LogP) is 1.01. The lowest BCUT2D eigenvalue weighted by molar-refractivity contribution is -0.0728. The Balaban J connectivity index is 1.95. The molecule has 1 fully saturated rings. The van der Waals surface area contributed by atoms with Gasteiger partial charge in [0.15, 0.2) is 21.7 Å². The second-order valence-electron chi connectivity index (χ2n) is 7.28. The highest BCUT2D eigenvalue weighted by atomic mass is 35.5. The van der Waals surface area contributed by atoms with Crippen LogP contribution in [0.1, 0.15) is 13.2 Å². The van der Waals surface area contributed by atoms with E-state index < -0.39 is 59.6 Å². The monoisotopic (exact) mass is 627 g/mol. The molecule has 3 rings (SSSR count). The molecular weight excluding hydrogens is 610 g/mol. The zero-order chi connectivity index (χ0) is 28.0. The normalized spacial score (nSPS) is 28.3. The van der Waals surface area contributed by atoms with Crippen molar-refractivity contribution in [1.82, 2.24) is 19.5 Å². The van der Waals surface area contributed by atoms with Gasteiger partial charge >= 0.3 is 23.5 Å². The quantitative estimate of drug-likeness (QED) is 0.0931. The fourth-order valence-corrected chi connectivity index (χ4v) is 7.14. The van der Waals surface area contributed by atoms with Gasteiger partial charge in [-0.1, -0.05) is 35.7 Å². The van der Waals surface area contributed by atoms with E-state index in [0.29, 0.717) is 0 Å². The highest BCUT2D eigenvalue weighted by molar-refractivity contribution is 7.71. The molecule has 2 aromatic heterocycles. The molecule has 1 saturated heterocycles. The van der Waals surface area contributed by atoms with Crippen LogP contribution in [-0.2, 0) is 31.6 Å². The van der Waals surface area contributed by atoms with Crippen molar-refractivity contribution in [2.75, 3.05) is 12.4 Å². The number of aliphatic hydroxyl groups excluding tert-OH is 1. The zero-order valence-electron chi connectivity index (χ0n) is 18.1. The number of H-pyrrole nitrogens is 1.